The van der Waals surface area contributed by atoms with Crippen molar-refractivity contribution in [3.05, 3.63) is 35.6 Å². The standard InChI is InChI=1S/C22H32FNO5S/c1-17(18-7-3-2-4-8-18)24-15-14-22(29-21(24)25,13-5-6-16-30(26,27)28)19-9-11-20(23)12-10-19/h9-12,17-18H,2-8,13-16H2,1H3,(H,26,27,28)/t17-,22+/m0/s1. The van der Waals surface area contributed by atoms with E-state index in [1.165, 1.54) is 31.4 Å². The SMILES string of the molecule is C[C@@H](C1CCCCC1)N1CC[C@](CCCCS(=O)(=O)O)(c2ccc(F)cc2)OC1=O. The molecule has 168 valence electrons. The Kier molecular flexibility index (Phi) is 7.39. The number of nitrogens with zero attached hydrogens (tertiary/aromatic N) is 1. The molecule has 0 spiro atoms. The molecule has 2 atom stereocenters. The molecule has 0 unspecified atom stereocenters. The minimum absolute atomic E-state index is 0.114. The van der Waals surface area contributed by atoms with E-state index in [1.54, 1.807) is 12.1 Å². The van der Waals surface area contributed by atoms with E-state index in [-0.39, 0.29) is 30.1 Å². The van der Waals surface area contributed by atoms with E-state index in [0.717, 1.165) is 12.8 Å². The van der Waals surface area contributed by atoms with Crippen molar-refractivity contribution in [1.29, 1.82) is 0 Å². The van der Waals surface area contributed by atoms with E-state index >= 15 is 0 Å². The minimum Gasteiger partial charge on any atom is -0.438 e. The first-order chi connectivity index (χ1) is 14.2. The molecule has 0 aromatic heterocycles. The molecular weight excluding hydrogens is 409 g/mol. The van der Waals surface area contributed by atoms with Crippen molar-refractivity contribution in [2.24, 2.45) is 5.92 Å². The van der Waals surface area contributed by atoms with Gasteiger partial charge in [-0.1, -0.05) is 31.4 Å². The molecule has 1 aliphatic carbocycles. The van der Waals surface area contributed by atoms with Crippen LogP contribution in [0.4, 0.5) is 9.18 Å². The van der Waals surface area contributed by atoms with Crippen LogP contribution in [0.5, 0.6) is 0 Å². The maximum Gasteiger partial charge on any atom is 0.410 e. The summed E-state index contributed by atoms with van der Waals surface area (Å²) < 4.78 is 50.5. The molecule has 1 aromatic rings. The molecular formula is C22H32FNO5S. The van der Waals surface area contributed by atoms with Gasteiger partial charge in [-0.2, -0.15) is 8.42 Å². The Hall–Kier alpha value is -1.67. The molecule has 2 aliphatic rings. The molecule has 2 fully saturated rings. The number of hydrogen-bond donors (Lipinski definition) is 1. The van der Waals surface area contributed by atoms with Crippen molar-refractivity contribution in [1.82, 2.24) is 4.90 Å². The first kappa shape index (κ1) is 23.0. The van der Waals surface area contributed by atoms with E-state index in [4.69, 9.17) is 9.29 Å². The van der Waals surface area contributed by atoms with Gasteiger partial charge < -0.3 is 9.64 Å². The first-order valence-corrected chi connectivity index (χ1v) is 12.5. The monoisotopic (exact) mass is 441 g/mol. The maximum absolute atomic E-state index is 13.5. The van der Waals surface area contributed by atoms with Crippen LogP contribution in [-0.2, 0) is 20.5 Å². The summed E-state index contributed by atoms with van der Waals surface area (Å²) in [7, 11) is -4.03. The van der Waals surface area contributed by atoms with Crippen LogP contribution in [0.3, 0.4) is 0 Å². The van der Waals surface area contributed by atoms with Gasteiger partial charge in [-0.05, 0) is 62.6 Å². The highest BCUT2D eigenvalue weighted by molar-refractivity contribution is 7.85. The molecule has 1 heterocycles. The van der Waals surface area contributed by atoms with Gasteiger partial charge in [0.05, 0.1) is 5.75 Å². The Morgan fingerprint density at radius 3 is 2.47 bits per heavy atom. The molecule has 8 heteroatoms. The molecule has 3 rings (SSSR count). The van der Waals surface area contributed by atoms with Gasteiger partial charge in [0.2, 0.25) is 0 Å². The Labute approximate surface area is 178 Å². The smallest absolute Gasteiger partial charge is 0.410 e. The van der Waals surface area contributed by atoms with Gasteiger partial charge in [-0.3, -0.25) is 4.55 Å². The maximum atomic E-state index is 13.5. The number of amides is 1. The van der Waals surface area contributed by atoms with Gasteiger partial charge in [0, 0.05) is 19.0 Å². The highest BCUT2D eigenvalue weighted by Crippen LogP contribution is 2.40. The fraction of sp³-hybridized carbons (Fsp3) is 0.682. The quantitative estimate of drug-likeness (QED) is 0.459. The number of unbranched alkanes of at least 4 members (excludes halogenated alkanes) is 1. The normalized spacial score (nSPS) is 24.5. The lowest BCUT2D eigenvalue weighted by molar-refractivity contribution is -0.0718. The zero-order valence-electron chi connectivity index (χ0n) is 17.6. The number of rotatable bonds is 8. The van der Waals surface area contributed by atoms with Crippen LogP contribution in [-0.4, -0.2) is 42.3 Å². The minimum atomic E-state index is -4.03. The van der Waals surface area contributed by atoms with Crippen LogP contribution in [0.2, 0.25) is 0 Å². The van der Waals surface area contributed by atoms with E-state index < -0.39 is 15.7 Å². The van der Waals surface area contributed by atoms with Crippen molar-refractivity contribution >= 4 is 16.2 Å². The summed E-state index contributed by atoms with van der Waals surface area (Å²) in [6.45, 7) is 2.64. The summed E-state index contributed by atoms with van der Waals surface area (Å²) in [6.07, 6.45) is 7.26. The first-order valence-electron chi connectivity index (χ1n) is 10.9. The Morgan fingerprint density at radius 1 is 1.20 bits per heavy atom. The van der Waals surface area contributed by atoms with Gasteiger partial charge in [0.15, 0.2) is 0 Å². The zero-order valence-corrected chi connectivity index (χ0v) is 18.4. The number of hydrogen-bond acceptors (Lipinski definition) is 4. The fourth-order valence-corrected chi connectivity index (χ4v) is 5.45. The Bertz CT molecular complexity index is 822. The summed E-state index contributed by atoms with van der Waals surface area (Å²) >= 11 is 0. The highest BCUT2D eigenvalue weighted by atomic mass is 32.2. The molecule has 1 saturated carbocycles. The number of carbonyl (C=O) groups is 1. The van der Waals surface area contributed by atoms with Crippen LogP contribution in [0.15, 0.2) is 24.3 Å². The lowest BCUT2D eigenvalue weighted by atomic mass is 9.82. The molecule has 0 radical (unpaired) electrons. The van der Waals surface area contributed by atoms with Crippen LogP contribution in [0.1, 0.15) is 70.3 Å². The van der Waals surface area contributed by atoms with Crippen LogP contribution in [0.25, 0.3) is 0 Å². The van der Waals surface area contributed by atoms with E-state index in [2.05, 4.69) is 6.92 Å². The van der Waals surface area contributed by atoms with E-state index in [1.807, 2.05) is 4.90 Å². The lowest BCUT2D eigenvalue weighted by Crippen LogP contribution is -2.53. The number of halogens is 1. The molecule has 1 amide bonds. The molecule has 1 aromatic carbocycles. The van der Waals surface area contributed by atoms with Gasteiger partial charge >= 0.3 is 6.09 Å². The van der Waals surface area contributed by atoms with Crippen molar-refractivity contribution in [2.75, 3.05) is 12.3 Å². The van der Waals surface area contributed by atoms with Crippen molar-refractivity contribution in [3.63, 3.8) is 0 Å². The largest absolute Gasteiger partial charge is 0.438 e. The van der Waals surface area contributed by atoms with Crippen molar-refractivity contribution in [3.8, 4) is 0 Å². The third kappa shape index (κ3) is 5.72. The zero-order chi connectivity index (χ0) is 21.8. The summed E-state index contributed by atoms with van der Waals surface area (Å²) in [5.41, 5.74) is -0.193. The van der Waals surface area contributed by atoms with Gasteiger partial charge in [0.1, 0.15) is 11.4 Å². The molecule has 1 aliphatic heterocycles. The van der Waals surface area contributed by atoms with E-state index in [9.17, 15) is 17.6 Å². The molecule has 30 heavy (non-hydrogen) atoms. The van der Waals surface area contributed by atoms with Crippen molar-refractivity contribution in [2.45, 2.75) is 76.4 Å². The summed E-state index contributed by atoms with van der Waals surface area (Å²) in [5.74, 6) is -0.208. The number of carbonyl (C=O) groups excluding carboxylic acids is 1. The lowest BCUT2D eigenvalue weighted by Gasteiger charge is -2.45. The Balaban J connectivity index is 1.73. The van der Waals surface area contributed by atoms with Crippen LogP contribution >= 0.6 is 0 Å². The highest BCUT2D eigenvalue weighted by Gasteiger charge is 2.44. The van der Waals surface area contributed by atoms with Crippen molar-refractivity contribution < 1.29 is 26.9 Å². The topological polar surface area (TPSA) is 83.9 Å². The predicted molar refractivity (Wildman–Crippen MR) is 112 cm³/mol. The summed E-state index contributed by atoms with van der Waals surface area (Å²) in [4.78, 5) is 14.8. The second-order valence-electron chi connectivity index (χ2n) is 8.69. The number of ether oxygens (including phenoxy) is 1. The second kappa shape index (κ2) is 9.64. The predicted octanol–water partition coefficient (Wildman–Crippen LogP) is 4.89. The van der Waals surface area contributed by atoms with E-state index in [0.29, 0.717) is 37.3 Å². The summed E-state index contributed by atoms with van der Waals surface area (Å²) in [6, 6.07) is 6.07. The van der Waals surface area contributed by atoms with Gasteiger partial charge in [-0.15, -0.1) is 0 Å². The average molecular weight is 442 g/mol. The van der Waals surface area contributed by atoms with Crippen LogP contribution in [0, 0.1) is 11.7 Å². The third-order valence-corrected chi connectivity index (χ3v) is 7.51. The average Bonchev–Trinajstić information content (AvgIpc) is 2.71. The second-order valence-corrected chi connectivity index (χ2v) is 10.3. The number of benzene rings is 1. The van der Waals surface area contributed by atoms with Gasteiger partial charge in [-0.25, -0.2) is 9.18 Å². The molecule has 6 nitrogen and oxygen atoms in total. The Morgan fingerprint density at radius 2 is 1.87 bits per heavy atom. The third-order valence-electron chi connectivity index (χ3n) is 6.70. The van der Waals surface area contributed by atoms with Crippen LogP contribution < -0.4 is 0 Å². The molecule has 1 N–H and O–H groups in total. The van der Waals surface area contributed by atoms with Gasteiger partial charge in [0.25, 0.3) is 10.1 Å². The number of cyclic esters (lactones) is 1. The molecule has 1 saturated heterocycles. The summed E-state index contributed by atoms with van der Waals surface area (Å²) in [5, 5.41) is 0. The fourth-order valence-electron chi connectivity index (χ4n) is 4.88. The molecule has 0 bridgehead atoms.